The van der Waals surface area contributed by atoms with Crippen molar-refractivity contribution in [2.75, 3.05) is 11.9 Å². The molecule has 0 aliphatic heterocycles. The molecular formula is C23H22N2O6. The van der Waals surface area contributed by atoms with E-state index in [4.69, 9.17) is 13.9 Å². The number of urea groups is 1. The molecule has 3 amide bonds. The predicted molar refractivity (Wildman–Crippen MR) is 113 cm³/mol. The monoisotopic (exact) mass is 422 g/mol. The summed E-state index contributed by atoms with van der Waals surface area (Å²) in [7, 11) is 0. The number of para-hydroxylation sites is 1. The topological polar surface area (TPSA) is 107 Å². The van der Waals surface area contributed by atoms with Crippen LogP contribution in [0.5, 0.6) is 5.75 Å². The molecule has 8 nitrogen and oxygen atoms in total. The van der Waals surface area contributed by atoms with Gasteiger partial charge in [0.2, 0.25) is 5.76 Å². The van der Waals surface area contributed by atoms with Crippen molar-refractivity contribution in [2.45, 2.75) is 20.5 Å². The third kappa shape index (κ3) is 5.96. The molecule has 0 fully saturated rings. The van der Waals surface area contributed by atoms with Gasteiger partial charge in [0, 0.05) is 11.3 Å². The van der Waals surface area contributed by atoms with Crippen molar-refractivity contribution in [3.05, 3.63) is 83.3 Å². The number of ether oxygens (including phenoxy) is 2. The van der Waals surface area contributed by atoms with Crippen LogP contribution in [0.3, 0.4) is 0 Å². The van der Waals surface area contributed by atoms with Gasteiger partial charge in [-0.1, -0.05) is 30.3 Å². The summed E-state index contributed by atoms with van der Waals surface area (Å²) in [4.78, 5) is 36.2. The Morgan fingerprint density at radius 1 is 0.968 bits per heavy atom. The molecule has 0 spiro atoms. The molecule has 0 bridgehead atoms. The van der Waals surface area contributed by atoms with Crippen molar-refractivity contribution in [3.8, 4) is 5.75 Å². The smallest absolute Gasteiger partial charge is 0.375 e. The number of aryl methyl sites for hydroxylation is 1. The Kier molecular flexibility index (Phi) is 7.05. The molecule has 0 aliphatic carbocycles. The quantitative estimate of drug-likeness (QED) is 0.558. The number of esters is 1. The summed E-state index contributed by atoms with van der Waals surface area (Å²) in [6.45, 7) is 3.22. The number of imide groups is 1. The molecule has 0 aliphatic rings. The van der Waals surface area contributed by atoms with Gasteiger partial charge in [0.15, 0.2) is 6.61 Å². The van der Waals surface area contributed by atoms with Crippen molar-refractivity contribution < 1.29 is 28.3 Å². The standard InChI is InChI=1S/C23H22N2O6/c1-15-7-6-10-19(16(15)2)24-23(28)25-20(26)14-31-22(27)21-17(11-12-29-21)13-30-18-8-4-3-5-9-18/h3-12H,13-14H2,1-2H3,(H2,24,25,26,28). The average Bonchev–Trinajstić information content (AvgIpc) is 3.23. The summed E-state index contributed by atoms with van der Waals surface area (Å²) < 4.78 is 15.7. The zero-order chi connectivity index (χ0) is 22.2. The third-order valence-corrected chi connectivity index (χ3v) is 4.51. The molecule has 0 saturated carbocycles. The maximum atomic E-state index is 12.2. The number of nitrogens with one attached hydrogen (secondary N) is 2. The number of hydrogen-bond acceptors (Lipinski definition) is 6. The highest BCUT2D eigenvalue weighted by molar-refractivity contribution is 6.02. The second kappa shape index (κ2) is 10.1. The Bertz CT molecular complexity index is 1070. The summed E-state index contributed by atoms with van der Waals surface area (Å²) in [5.74, 6) is -1.03. The van der Waals surface area contributed by atoms with Crippen LogP contribution in [0.4, 0.5) is 10.5 Å². The molecule has 0 saturated heterocycles. The molecule has 3 rings (SSSR count). The minimum atomic E-state index is -0.832. The normalized spacial score (nSPS) is 10.3. The molecule has 0 atom stereocenters. The van der Waals surface area contributed by atoms with Crippen molar-refractivity contribution >= 4 is 23.6 Å². The fourth-order valence-corrected chi connectivity index (χ4v) is 2.71. The fraction of sp³-hybridized carbons (Fsp3) is 0.174. The SMILES string of the molecule is Cc1cccc(NC(=O)NC(=O)COC(=O)c2occc2COc2ccccc2)c1C. The van der Waals surface area contributed by atoms with E-state index < -0.39 is 24.5 Å². The van der Waals surface area contributed by atoms with Gasteiger partial charge in [-0.15, -0.1) is 0 Å². The summed E-state index contributed by atoms with van der Waals surface area (Å²) in [5, 5.41) is 4.71. The average molecular weight is 422 g/mol. The van der Waals surface area contributed by atoms with Gasteiger partial charge in [-0.25, -0.2) is 9.59 Å². The van der Waals surface area contributed by atoms with Gasteiger partial charge in [-0.3, -0.25) is 10.1 Å². The first kappa shape index (κ1) is 21.6. The van der Waals surface area contributed by atoms with Crippen molar-refractivity contribution in [1.82, 2.24) is 5.32 Å². The highest BCUT2D eigenvalue weighted by Crippen LogP contribution is 2.18. The Labute approximate surface area is 179 Å². The molecule has 160 valence electrons. The molecule has 1 heterocycles. The van der Waals surface area contributed by atoms with E-state index in [0.29, 0.717) is 17.0 Å². The molecule has 2 aromatic carbocycles. The second-order valence-corrected chi connectivity index (χ2v) is 6.70. The summed E-state index contributed by atoms with van der Waals surface area (Å²) in [6, 6.07) is 15.4. The van der Waals surface area contributed by atoms with Crippen LogP contribution < -0.4 is 15.4 Å². The summed E-state index contributed by atoms with van der Waals surface area (Å²) in [5.41, 5.74) is 2.95. The Hall–Kier alpha value is -4.07. The molecule has 8 heteroatoms. The number of carbonyl (C=O) groups excluding carboxylic acids is 3. The van der Waals surface area contributed by atoms with Crippen LogP contribution >= 0.6 is 0 Å². The highest BCUT2D eigenvalue weighted by atomic mass is 16.5. The van der Waals surface area contributed by atoms with Crippen LogP contribution in [0, 0.1) is 13.8 Å². The zero-order valence-corrected chi connectivity index (χ0v) is 17.1. The molecule has 0 radical (unpaired) electrons. The van der Waals surface area contributed by atoms with Crippen LogP contribution in [0.2, 0.25) is 0 Å². The van der Waals surface area contributed by atoms with Crippen molar-refractivity contribution in [2.24, 2.45) is 0 Å². The number of anilines is 1. The van der Waals surface area contributed by atoms with E-state index in [1.165, 1.54) is 6.26 Å². The van der Waals surface area contributed by atoms with E-state index in [2.05, 4.69) is 10.6 Å². The first-order chi connectivity index (χ1) is 14.9. The van der Waals surface area contributed by atoms with Gasteiger partial charge in [0.05, 0.1) is 6.26 Å². The molecule has 1 aromatic heterocycles. The third-order valence-electron chi connectivity index (χ3n) is 4.51. The van der Waals surface area contributed by atoms with Crippen LogP contribution in [0.1, 0.15) is 27.2 Å². The Morgan fingerprint density at radius 2 is 1.74 bits per heavy atom. The lowest BCUT2D eigenvalue weighted by atomic mass is 10.1. The van der Waals surface area contributed by atoms with Gasteiger partial charge in [0.25, 0.3) is 5.91 Å². The Morgan fingerprint density at radius 3 is 2.52 bits per heavy atom. The summed E-state index contributed by atoms with van der Waals surface area (Å²) in [6.07, 6.45) is 1.33. The lowest BCUT2D eigenvalue weighted by molar-refractivity contribution is -0.123. The molecule has 3 aromatic rings. The Balaban J connectivity index is 1.48. The number of rotatable bonds is 7. The fourth-order valence-electron chi connectivity index (χ4n) is 2.71. The van der Waals surface area contributed by atoms with E-state index in [0.717, 1.165) is 11.1 Å². The molecule has 2 N–H and O–H groups in total. The lowest BCUT2D eigenvalue weighted by Crippen LogP contribution is -2.37. The first-order valence-electron chi connectivity index (χ1n) is 9.52. The van der Waals surface area contributed by atoms with Gasteiger partial charge in [-0.05, 0) is 49.2 Å². The van der Waals surface area contributed by atoms with E-state index in [1.807, 2.05) is 38.1 Å². The second-order valence-electron chi connectivity index (χ2n) is 6.70. The minimum Gasteiger partial charge on any atom is -0.489 e. The van der Waals surface area contributed by atoms with E-state index >= 15 is 0 Å². The van der Waals surface area contributed by atoms with Crippen LogP contribution in [0.25, 0.3) is 0 Å². The van der Waals surface area contributed by atoms with Crippen LogP contribution in [-0.4, -0.2) is 24.5 Å². The van der Waals surface area contributed by atoms with Gasteiger partial charge >= 0.3 is 12.0 Å². The van der Waals surface area contributed by atoms with E-state index in [1.54, 1.807) is 30.3 Å². The predicted octanol–water partition coefficient (Wildman–Crippen LogP) is 3.98. The maximum Gasteiger partial charge on any atom is 0.375 e. The van der Waals surface area contributed by atoms with Crippen LogP contribution in [0.15, 0.2) is 65.3 Å². The number of furan rings is 1. The maximum absolute atomic E-state index is 12.2. The number of amides is 3. The number of hydrogen-bond donors (Lipinski definition) is 2. The molecule has 31 heavy (non-hydrogen) atoms. The number of carbonyl (C=O) groups is 3. The largest absolute Gasteiger partial charge is 0.489 e. The molecule has 0 unspecified atom stereocenters. The van der Waals surface area contributed by atoms with Gasteiger partial charge in [-0.2, -0.15) is 0 Å². The zero-order valence-electron chi connectivity index (χ0n) is 17.1. The minimum absolute atomic E-state index is 0.0661. The van der Waals surface area contributed by atoms with Crippen molar-refractivity contribution in [3.63, 3.8) is 0 Å². The van der Waals surface area contributed by atoms with Crippen molar-refractivity contribution in [1.29, 1.82) is 0 Å². The van der Waals surface area contributed by atoms with Gasteiger partial charge < -0.3 is 19.2 Å². The first-order valence-corrected chi connectivity index (χ1v) is 9.52. The lowest BCUT2D eigenvalue weighted by Gasteiger charge is -2.11. The summed E-state index contributed by atoms with van der Waals surface area (Å²) >= 11 is 0. The van der Waals surface area contributed by atoms with Gasteiger partial charge in [0.1, 0.15) is 12.4 Å². The van der Waals surface area contributed by atoms with E-state index in [9.17, 15) is 14.4 Å². The number of benzene rings is 2. The van der Waals surface area contributed by atoms with E-state index in [-0.39, 0.29) is 12.4 Å². The molecular weight excluding hydrogens is 400 g/mol. The highest BCUT2D eigenvalue weighted by Gasteiger charge is 2.19. The van der Waals surface area contributed by atoms with Crippen LogP contribution in [-0.2, 0) is 16.1 Å².